The van der Waals surface area contributed by atoms with Gasteiger partial charge in [-0.15, -0.1) is 0 Å². The summed E-state index contributed by atoms with van der Waals surface area (Å²) < 4.78 is 13.0. The summed E-state index contributed by atoms with van der Waals surface area (Å²) >= 11 is 0. The van der Waals surface area contributed by atoms with Gasteiger partial charge in [-0.1, -0.05) is 0 Å². The van der Waals surface area contributed by atoms with Crippen LogP contribution in [0.5, 0.6) is 0 Å². The zero-order valence-electron chi connectivity index (χ0n) is 12.5. The first-order valence-corrected chi connectivity index (χ1v) is 7.75. The second-order valence-electron chi connectivity index (χ2n) is 5.77. The Morgan fingerprint density at radius 1 is 1.00 bits per heavy atom. The molecule has 5 nitrogen and oxygen atoms in total. The Balaban J connectivity index is 1.61. The van der Waals surface area contributed by atoms with E-state index < -0.39 is 0 Å². The first-order valence-electron chi connectivity index (χ1n) is 7.75. The monoisotopic (exact) mass is 305 g/mol. The van der Waals surface area contributed by atoms with Crippen molar-refractivity contribution < 1.29 is 14.0 Å². The fraction of sp³-hybridized carbons (Fsp3) is 0.500. The summed E-state index contributed by atoms with van der Waals surface area (Å²) in [6, 6.07) is 5.66. The largest absolute Gasteiger partial charge is 0.341 e. The maximum atomic E-state index is 13.0. The van der Waals surface area contributed by atoms with Crippen molar-refractivity contribution in [3.63, 3.8) is 0 Å². The maximum absolute atomic E-state index is 13.0. The molecule has 2 aliphatic heterocycles. The molecule has 1 aromatic carbocycles. The molecule has 0 spiro atoms. The van der Waals surface area contributed by atoms with Crippen LogP contribution in [-0.2, 0) is 4.79 Å². The lowest BCUT2D eigenvalue weighted by Crippen LogP contribution is -2.44. The van der Waals surface area contributed by atoms with Crippen LogP contribution in [0.3, 0.4) is 0 Å². The van der Waals surface area contributed by atoms with Crippen LogP contribution in [0.25, 0.3) is 0 Å². The van der Waals surface area contributed by atoms with Gasteiger partial charge in [-0.25, -0.2) is 9.18 Å². The predicted octanol–water partition coefficient (Wildman–Crippen LogP) is 2.08. The highest BCUT2D eigenvalue weighted by Gasteiger charge is 2.32. The Kier molecular flexibility index (Phi) is 4.27. The smallest absolute Gasteiger partial charge is 0.325 e. The summed E-state index contributed by atoms with van der Waals surface area (Å²) in [5, 5.41) is 0. The number of benzene rings is 1. The van der Waals surface area contributed by atoms with Crippen molar-refractivity contribution in [2.75, 3.05) is 37.6 Å². The van der Waals surface area contributed by atoms with Gasteiger partial charge in [0.15, 0.2) is 0 Å². The molecule has 0 saturated carbocycles. The molecule has 118 valence electrons. The number of piperidine rings is 1. The lowest BCUT2D eigenvalue weighted by Gasteiger charge is -2.28. The molecule has 2 saturated heterocycles. The number of nitrogens with zero attached hydrogens (tertiary/aromatic N) is 3. The minimum Gasteiger partial charge on any atom is -0.341 e. The summed E-state index contributed by atoms with van der Waals surface area (Å²) in [4.78, 5) is 29.6. The van der Waals surface area contributed by atoms with E-state index in [1.54, 1.807) is 21.9 Å². The third kappa shape index (κ3) is 3.05. The molecule has 0 bridgehead atoms. The first-order chi connectivity index (χ1) is 10.6. The van der Waals surface area contributed by atoms with Crippen LogP contribution < -0.4 is 4.90 Å². The number of hydrogen-bond donors (Lipinski definition) is 0. The van der Waals surface area contributed by atoms with Crippen LogP contribution in [0.4, 0.5) is 14.9 Å². The number of rotatable bonds is 3. The van der Waals surface area contributed by atoms with E-state index in [0.717, 1.165) is 25.9 Å². The van der Waals surface area contributed by atoms with Crippen molar-refractivity contribution in [2.24, 2.45) is 0 Å². The molecule has 0 aliphatic carbocycles. The molecule has 22 heavy (non-hydrogen) atoms. The Bertz CT molecular complexity index is 555. The van der Waals surface area contributed by atoms with Gasteiger partial charge < -0.3 is 9.80 Å². The highest BCUT2D eigenvalue weighted by Crippen LogP contribution is 2.21. The Labute approximate surface area is 129 Å². The molecule has 2 aliphatic rings. The van der Waals surface area contributed by atoms with Gasteiger partial charge in [0.2, 0.25) is 5.91 Å². The van der Waals surface area contributed by atoms with E-state index in [1.165, 1.54) is 18.6 Å². The van der Waals surface area contributed by atoms with Crippen LogP contribution in [0, 0.1) is 5.82 Å². The molecule has 0 atom stereocenters. The second-order valence-corrected chi connectivity index (χ2v) is 5.77. The second kappa shape index (κ2) is 6.34. The van der Waals surface area contributed by atoms with Gasteiger partial charge in [-0.05, 0) is 43.5 Å². The van der Waals surface area contributed by atoms with Gasteiger partial charge in [0.25, 0.3) is 0 Å². The van der Waals surface area contributed by atoms with Gasteiger partial charge in [0.05, 0.1) is 0 Å². The molecule has 2 heterocycles. The molecule has 0 N–H and O–H groups in total. The van der Waals surface area contributed by atoms with Crippen molar-refractivity contribution in [2.45, 2.75) is 19.3 Å². The van der Waals surface area contributed by atoms with E-state index in [1.807, 2.05) is 4.90 Å². The molecule has 3 rings (SSSR count). The van der Waals surface area contributed by atoms with Gasteiger partial charge >= 0.3 is 6.03 Å². The molecular weight excluding hydrogens is 285 g/mol. The number of anilines is 1. The lowest BCUT2D eigenvalue weighted by atomic mass is 10.1. The Morgan fingerprint density at radius 2 is 1.68 bits per heavy atom. The van der Waals surface area contributed by atoms with Crippen LogP contribution in [-0.4, -0.2) is 54.5 Å². The highest BCUT2D eigenvalue weighted by atomic mass is 19.1. The number of hydrogen-bond acceptors (Lipinski definition) is 2. The number of urea groups is 1. The normalized spacial score (nSPS) is 19.0. The average molecular weight is 305 g/mol. The molecule has 6 heteroatoms. The standard InChI is InChI=1S/C16H20FN3O2/c17-13-4-6-14(7-5-13)20-11-10-19(16(20)22)12-15(21)18-8-2-1-3-9-18/h4-7H,1-3,8-12H2. The zero-order chi connectivity index (χ0) is 15.5. The number of likely N-dealkylation sites (tertiary alicyclic amines) is 1. The summed E-state index contributed by atoms with van der Waals surface area (Å²) in [5.74, 6) is -0.304. The van der Waals surface area contributed by atoms with Crippen molar-refractivity contribution in [1.82, 2.24) is 9.80 Å². The molecule has 0 aromatic heterocycles. The Hall–Kier alpha value is -2.11. The third-order valence-electron chi connectivity index (χ3n) is 4.27. The molecular formula is C16H20FN3O2. The van der Waals surface area contributed by atoms with E-state index in [-0.39, 0.29) is 24.3 Å². The molecule has 1 aromatic rings. The van der Waals surface area contributed by atoms with Gasteiger partial charge in [-0.2, -0.15) is 0 Å². The Morgan fingerprint density at radius 3 is 2.36 bits per heavy atom. The van der Waals surface area contributed by atoms with Gasteiger partial charge in [-0.3, -0.25) is 9.69 Å². The highest BCUT2D eigenvalue weighted by molar-refractivity contribution is 5.96. The van der Waals surface area contributed by atoms with E-state index in [4.69, 9.17) is 0 Å². The fourth-order valence-electron chi connectivity index (χ4n) is 3.00. The van der Waals surface area contributed by atoms with Crippen LogP contribution in [0.1, 0.15) is 19.3 Å². The van der Waals surface area contributed by atoms with E-state index in [0.29, 0.717) is 18.8 Å². The van der Waals surface area contributed by atoms with E-state index >= 15 is 0 Å². The van der Waals surface area contributed by atoms with Crippen LogP contribution >= 0.6 is 0 Å². The quantitative estimate of drug-likeness (QED) is 0.858. The van der Waals surface area contributed by atoms with Crippen molar-refractivity contribution >= 4 is 17.6 Å². The van der Waals surface area contributed by atoms with E-state index in [9.17, 15) is 14.0 Å². The van der Waals surface area contributed by atoms with Gasteiger partial charge in [0, 0.05) is 31.9 Å². The van der Waals surface area contributed by atoms with Crippen LogP contribution in [0.15, 0.2) is 24.3 Å². The topological polar surface area (TPSA) is 43.9 Å². The predicted molar refractivity (Wildman–Crippen MR) is 81.1 cm³/mol. The van der Waals surface area contributed by atoms with Gasteiger partial charge in [0.1, 0.15) is 12.4 Å². The summed E-state index contributed by atoms with van der Waals surface area (Å²) in [5.41, 5.74) is 0.666. The lowest BCUT2D eigenvalue weighted by molar-refractivity contribution is -0.132. The number of amides is 3. The first kappa shape index (κ1) is 14.8. The number of carbonyl (C=O) groups is 2. The minimum atomic E-state index is -0.326. The van der Waals surface area contributed by atoms with E-state index in [2.05, 4.69) is 0 Å². The average Bonchev–Trinajstić information content (AvgIpc) is 2.90. The number of halogens is 1. The summed E-state index contributed by atoms with van der Waals surface area (Å²) in [6.45, 7) is 2.77. The number of carbonyl (C=O) groups excluding carboxylic acids is 2. The minimum absolute atomic E-state index is 0.0222. The maximum Gasteiger partial charge on any atom is 0.325 e. The third-order valence-corrected chi connectivity index (χ3v) is 4.27. The van der Waals surface area contributed by atoms with Crippen molar-refractivity contribution in [3.05, 3.63) is 30.1 Å². The summed E-state index contributed by atoms with van der Waals surface area (Å²) in [6.07, 6.45) is 3.26. The fourth-order valence-corrected chi connectivity index (χ4v) is 3.00. The SMILES string of the molecule is O=C(CN1CCN(c2ccc(F)cc2)C1=O)N1CCCCC1. The molecule has 2 fully saturated rings. The molecule has 3 amide bonds. The van der Waals surface area contributed by atoms with Crippen molar-refractivity contribution in [3.8, 4) is 0 Å². The molecule has 0 unspecified atom stereocenters. The summed E-state index contributed by atoms with van der Waals surface area (Å²) in [7, 11) is 0. The molecule has 0 radical (unpaired) electrons. The zero-order valence-corrected chi connectivity index (χ0v) is 12.5. The van der Waals surface area contributed by atoms with Crippen LogP contribution in [0.2, 0.25) is 0 Å². The van der Waals surface area contributed by atoms with Crippen molar-refractivity contribution in [1.29, 1.82) is 0 Å².